The van der Waals surface area contributed by atoms with Gasteiger partial charge in [-0.15, -0.1) is 0 Å². The number of rotatable bonds is 5. The van der Waals surface area contributed by atoms with Crippen molar-refractivity contribution < 1.29 is 0 Å². The highest BCUT2D eigenvalue weighted by Crippen LogP contribution is 2.52. The van der Waals surface area contributed by atoms with Crippen LogP contribution in [-0.2, 0) is 0 Å². The predicted molar refractivity (Wildman–Crippen MR) is 247 cm³/mol. The average molecular weight is 737 g/mol. The van der Waals surface area contributed by atoms with Crippen molar-refractivity contribution >= 4 is 65.2 Å². The lowest BCUT2D eigenvalue weighted by Gasteiger charge is -2.23. The van der Waals surface area contributed by atoms with E-state index in [0.717, 1.165) is 22.1 Å². The van der Waals surface area contributed by atoms with Crippen LogP contribution in [-0.4, -0.2) is 9.97 Å². The molecule has 2 heterocycles. The smallest absolute Gasteiger partial charge is 0.0551 e. The van der Waals surface area contributed by atoms with Crippen LogP contribution in [0.4, 0.5) is 0 Å². The molecule has 0 fully saturated rings. The monoisotopic (exact) mass is 736 g/mol. The quantitative estimate of drug-likeness (QED) is 0.176. The van der Waals surface area contributed by atoms with Gasteiger partial charge in [0.15, 0.2) is 0 Å². The molecule has 58 heavy (non-hydrogen) atoms. The maximum absolute atomic E-state index is 3.98. The normalized spacial score (nSPS) is 11.8. The molecule has 0 aliphatic rings. The van der Waals surface area contributed by atoms with E-state index in [2.05, 4.69) is 216 Å². The summed E-state index contributed by atoms with van der Waals surface area (Å²) in [6.07, 6.45) is 0. The molecular formula is C56H36N2. The Morgan fingerprint density at radius 3 is 1.26 bits per heavy atom. The van der Waals surface area contributed by atoms with Gasteiger partial charge in [-0.25, -0.2) is 0 Å². The molecule has 0 atom stereocenters. The number of hydrogen-bond donors (Lipinski definition) is 2. The molecule has 0 amide bonds. The van der Waals surface area contributed by atoms with E-state index in [-0.39, 0.29) is 0 Å². The number of hydrogen-bond acceptors (Lipinski definition) is 0. The van der Waals surface area contributed by atoms with Gasteiger partial charge in [0.25, 0.3) is 0 Å². The molecule has 10 aromatic carbocycles. The van der Waals surface area contributed by atoms with Crippen LogP contribution in [0.5, 0.6) is 0 Å². The third-order valence-electron chi connectivity index (χ3n) is 12.2. The molecule has 0 spiro atoms. The molecule has 0 unspecified atom stereocenters. The molecule has 0 bridgehead atoms. The molecule has 0 radical (unpaired) electrons. The number of benzene rings is 10. The van der Waals surface area contributed by atoms with Crippen molar-refractivity contribution in [2.75, 3.05) is 0 Å². The predicted octanol–water partition coefficient (Wildman–Crippen LogP) is 15.6. The standard InChI is InChI=1S/C56H36N2/c1-2-15-37(16-3-1)40-25-14-28-49(53-45(41-26-12-19-35-17-4-6-21-38(35)41)31-33-47-43-23-8-10-29-50(43)57-55(47)53)52(40)54-46(42-27-13-20-36-18-5-7-22-39(36)42)32-34-48-44-24-9-11-30-51(44)58-56(48)54/h1-34,57-58H. The lowest BCUT2D eigenvalue weighted by molar-refractivity contribution is 1.51. The summed E-state index contributed by atoms with van der Waals surface area (Å²) in [4.78, 5) is 7.94. The number of aromatic amines is 2. The highest BCUT2D eigenvalue weighted by atomic mass is 14.7. The molecule has 2 heteroatoms. The number of para-hydroxylation sites is 2. The van der Waals surface area contributed by atoms with Crippen molar-refractivity contribution in [2.24, 2.45) is 0 Å². The van der Waals surface area contributed by atoms with E-state index in [1.54, 1.807) is 0 Å². The Hall–Kier alpha value is -7.68. The van der Waals surface area contributed by atoms with E-state index < -0.39 is 0 Å². The fourth-order valence-corrected chi connectivity index (χ4v) is 9.63. The van der Waals surface area contributed by atoms with Gasteiger partial charge in [-0.2, -0.15) is 0 Å². The SMILES string of the molecule is c1ccc(-c2cccc(-c3c(-c4cccc5ccccc45)ccc4c3[nH]c3ccccc34)c2-c2c(-c3cccc4ccccc34)ccc3c2[nH]c2ccccc23)cc1. The van der Waals surface area contributed by atoms with Crippen molar-refractivity contribution in [1.82, 2.24) is 9.97 Å². The molecule has 0 aliphatic carbocycles. The van der Waals surface area contributed by atoms with Gasteiger partial charge in [0.1, 0.15) is 0 Å². The highest BCUT2D eigenvalue weighted by Gasteiger charge is 2.26. The highest BCUT2D eigenvalue weighted by molar-refractivity contribution is 6.22. The summed E-state index contributed by atoms with van der Waals surface area (Å²) in [5, 5.41) is 9.77. The van der Waals surface area contributed by atoms with E-state index in [0.29, 0.717) is 0 Å². The molecule has 2 nitrogen and oxygen atoms in total. The summed E-state index contributed by atoms with van der Waals surface area (Å²) in [6, 6.07) is 75.5. The van der Waals surface area contributed by atoms with Crippen LogP contribution in [0.1, 0.15) is 0 Å². The molecule has 12 rings (SSSR count). The van der Waals surface area contributed by atoms with Crippen molar-refractivity contribution in [3.05, 3.63) is 206 Å². The lowest BCUT2D eigenvalue weighted by atomic mass is 9.80. The first-order valence-electron chi connectivity index (χ1n) is 20.0. The van der Waals surface area contributed by atoms with Crippen LogP contribution in [0.15, 0.2) is 206 Å². The minimum absolute atomic E-state index is 1.13. The first-order valence-corrected chi connectivity index (χ1v) is 20.0. The molecule has 270 valence electrons. The largest absolute Gasteiger partial charge is 0.354 e. The Bertz CT molecular complexity index is 3560. The molecular weight excluding hydrogens is 701 g/mol. The van der Waals surface area contributed by atoms with Crippen LogP contribution in [0.3, 0.4) is 0 Å². The van der Waals surface area contributed by atoms with Gasteiger partial charge in [0, 0.05) is 49.3 Å². The Morgan fingerprint density at radius 1 is 0.224 bits per heavy atom. The Balaban J connectivity index is 1.30. The lowest BCUT2D eigenvalue weighted by Crippen LogP contribution is -1.97. The van der Waals surface area contributed by atoms with E-state index in [1.807, 2.05) is 0 Å². The minimum Gasteiger partial charge on any atom is -0.354 e. The molecule has 2 N–H and O–H groups in total. The second kappa shape index (κ2) is 12.9. The van der Waals surface area contributed by atoms with E-state index >= 15 is 0 Å². The zero-order chi connectivity index (χ0) is 38.2. The van der Waals surface area contributed by atoms with Gasteiger partial charge in [0.2, 0.25) is 0 Å². The molecule has 12 aromatic rings. The van der Waals surface area contributed by atoms with Gasteiger partial charge < -0.3 is 9.97 Å². The van der Waals surface area contributed by atoms with Crippen molar-refractivity contribution in [3.63, 3.8) is 0 Å². The summed E-state index contributed by atoms with van der Waals surface area (Å²) in [5.41, 5.74) is 16.4. The zero-order valence-electron chi connectivity index (χ0n) is 31.6. The van der Waals surface area contributed by atoms with Gasteiger partial charge >= 0.3 is 0 Å². The second-order valence-corrected chi connectivity index (χ2v) is 15.3. The number of aromatic nitrogens is 2. The summed E-state index contributed by atoms with van der Waals surface area (Å²) in [7, 11) is 0. The van der Waals surface area contributed by atoms with Gasteiger partial charge in [-0.05, 0) is 72.6 Å². The topological polar surface area (TPSA) is 31.6 Å². The summed E-state index contributed by atoms with van der Waals surface area (Å²) >= 11 is 0. The van der Waals surface area contributed by atoms with Crippen LogP contribution >= 0.6 is 0 Å². The van der Waals surface area contributed by atoms with Crippen molar-refractivity contribution in [1.29, 1.82) is 0 Å². The van der Waals surface area contributed by atoms with E-state index in [4.69, 9.17) is 0 Å². The molecule has 0 aliphatic heterocycles. The Labute approximate surface area is 335 Å². The Morgan fingerprint density at radius 2 is 0.655 bits per heavy atom. The zero-order valence-corrected chi connectivity index (χ0v) is 31.6. The van der Waals surface area contributed by atoms with E-state index in [9.17, 15) is 0 Å². The minimum atomic E-state index is 1.13. The maximum Gasteiger partial charge on any atom is 0.0551 e. The third kappa shape index (κ3) is 4.92. The van der Waals surface area contributed by atoms with Crippen LogP contribution in [0.2, 0.25) is 0 Å². The number of fused-ring (bicyclic) bond motifs is 8. The number of nitrogens with one attached hydrogen (secondary N) is 2. The summed E-state index contributed by atoms with van der Waals surface area (Å²) in [6.45, 7) is 0. The molecule has 0 saturated heterocycles. The fourth-order valence-electron chi connectivity index (χ4n) is 9.63. The summed E-state index contributed by atoms with van der Waals surface area (Å²) in [5.74, 6) is 0. The van der Waals surface area contributed by atoms with Crippen LogP contribution < -0.4 is 0 Å². The third-order valence-corrected chi connectivity index (χ3v) is 12.2. The van der Waals surface area contributed by atoms with Gasteiger partial charge in [-0.3, -0.25) is 0 Å². The van der Waals surface area contributed by atoms with E-state index in [1.165, 1.54) is 98.7 Å². The van der Waals surface area contributed by atoms with Crippen LogP contribution in [0.25, 0.3) is 121 Å². The molecule has 2 aromatic heterocycles. The van der Waals surface area contributed by atoms with Crippen molar-refractivity contribution in [2.45, 2.75) is 0 Å². The maximum atomic E-state index is 3.98. The van der Waals surface area contributed by atoms with Gasteiger partial charge in [-0.1, -0.05) is 194 Å². The number of H-pyrrole nitrogens is 2. The first kappa shape index (κ1) is 32.6. The van der Waals surface area contributed by atoms with Gasteiger partial charge in [0.05, 0.1) is 11.0 Å². The second-order valence-electron chi connectivity index (χ2n) is 15.3. The molecule has 0 saturated carbocycles. The Kier molecular flexibility index (Phi) is 7.26. The average Bonchev–Trinajstić information content (AvgIpc) is 3.87. The van der Waals surface area contributed by atoms with Crippen molar-refractivity contribution in [3.8, 4) is 55.6 Å². The fraction of sp³-hybridized carbons (Fsp3) is 0. The van der Waals surface area contributed by atoms with Crippen LogP contribution in [0, 0.1) is 0 Å². The first-order chi connectivity index (χ1) is 28.8. The summed E-state index contributed by atoms with van der Waals surface area (Å²) < 4.78 is 0.